The molecule has 1 saturated heterocycles. The number of fused-ring (bicyclic) bond motifs is 1. The molecule has 2 aliphatic heterocycles. The first-order chi connectivity index (χ1) is 7.75. The summed E-state index contributed by atoms with van der Waals surface area (Å²) >= 11 is 0. The molecule has 0 N–H and O–H groups in total. The summed E-state index contributed by atoms with van der Waals surface area (Å²) in [4.78, 5) is 13.6. The van der Waals surface area contributed by atoms with E-state index in [-0.39, 0.29) is 18.7 Å². The van der Waals surface area contributed by atoms with Gasteiger partial charge < -0.3 is 14.4 Å². The summed E-state index contributed by atoms with van der Waals surface area (Å²) in [5, 5.41) is 0. The molecule has 16 heavy (non-hydrogen) atoms. The summed E-state index contributed by atoms with van der Waals surface area (Å²) in [6.07, 6.45) is 1.56. The van der Waals surface area contributed by atoms with Crippen LogP contribution in [0.5, 0.6) is 11.5 Å². The van der Waals surface area contributed by atoms with Gasteiger partial charge in [-0.2, -0.15) is 0 Å². The van der Waals surface area contributed by atoms with Gasteiger partial charge in [-0.1, -0.05) is 0 Å². The molecule has 0 radical (unpaired) electrons. The zero-order valence-corrected chi connectivity index (χ0v) is 9.10. The van der Waals surface area contributed by atoms with Crippen LogP contribution in [0.3, 0.4) is 0 Å². The fourth-order valence-corrected chi connectivity index (χ4v) is 2.26. The summed E-state index contributed by atoms with van der Waals surface area (Å²) in [7, 11) is 0. The lowest BCUT2D eigenvalue weighted by Crippen LogP contribution is -2.30. The number of hydrogen-bond donors (Lipinski definition) is 0. The predicted molar refractivity (Wildman–Crippen MR) is 58.7 cm³/mol. The summed E-state index contributed by atoms with van der Waals surface area (Å²) in [5.74, 6) is 1.67. The fourth-order valence-electron chi connectivity index (χ4n) is 2.26. The lowest BCUT2D eigenvalue weighted by atomic mass is 10.2. The average molecular weight is 219 g/mol. The number of carbonyl (C=O) groups is 1. The highest BCUT2D eigenvalue weighted by molar-refractivity contribution is 5.96. The van der Waals surface area contributed by atoms with Crippen molar-refractivity contribution in [2.45, 2.75) is 25.8 Å². The molecule has 0 spiro atoms. The Hall–Kier alpha value is -1.71. The first kappa shape index (κ1) is 9.51. The first-order valence-corrected chi connectivity index (χ1v) is 5.47. The van der Waals surface area contributed by atoms with Gasteiger partial charge in [0.1, 0.15) is 0 Å². The molecule has 1 amide bonds. The Morgan fingerprint density at radius 3 is 2.88 bits per heavy atom. The van der Waals surface area contributed by atoms with Gasteiger partial charge in [0.15, 0.2) is 11.5 Å². The predicted octanol–water partition coefficient (Wildman–Crippen LogP) is 1.93. The number of amides is 1. The number of rotatable bonds is 1. The molecule has 2 heterocycles. The molecule has 1 fully saturated rings. The molecule has 3 rings (SSSR count). The largest absolute Gasteiger partial charge is 0.454 e. The van der Waals surface area contributed by atoms with Crippen LogP contribution < -0.4 is 14.4 Å². The van der Waals surface area contributed by atoms with Crippen LogP contribution in [-0.4, -0.2) is 18.7 Å². The molecule has 1 aromatic rings. The molecule has 2 aliphatic rings. The van der Waals surface area contributed by atoms with Crippen LogP contribution in [0.4, 0.5) is 5.69 Å². The lowest BCUT2D eigenvalue weighted by molar-refractivity contribution is -0.117. The van der Waals surface area contributed by atoms with E-state index < -0.39 is 0 Å². The Morgan fingerprint density at radius 1 is 1.31 bits per heavy atom. The quantitative estimate of drug-likeness (QED) is 0.724. The number of nitrogens with zero attached hydrogens (tertiary/aromatic N) is 1. The molecule has 0 unspecified atom stereocenters. The normalized spacial score (nSPS) is 22.9. The molecular formula is C12H13NO3. The second-order valence-electron chi connectivity index (χ2n) is 4.19. The van der Waals surface area contributed by atoms with Crippen molar-refractivity contribution in [1.29, 1.82) is 0 Å². The highest BCUT2D eigenvalue weighted by Crippen LogP contribution is 2.37. The first-order valence-electron chi connectivity index (χ1n) is 5.47. The number of benzene rings is 1. The molecule has 4 heteroatoms. The third kappa shape index (κ3) is 1.33. The highest BCUT2D eigenvalue weighted by Gasteiger charge is 2.29. The van der Waals surface area contributed by atoms with Crippen LogP contribution in [-0.2, 0) is 4.79 Å². The molecule has 4 nitrogen and oxygen atoms in total. The van der Waals surface area contributed by atoms with Gasteiger partial charge in [0.25, 0.3) is 0 Å². The second-order valence-corrected chi connectivity index (χ2v) is 4.19. The van der Waals surface area contributed by atoms with Crippen molar-refractivity contribution in [3.8, 4) is 11.5 Å². The Bertz CT molecular complexity index is 444. The lowest BCUT2D eigenvalue weighted by Gasteiger charge is -2.21. The fraction of sp³-hybridized carbons (Fsp3) is 0.417. The average Bonchev–Trinajstić information content (AvgIpc) is 2.85. The summed E-state index contributed by atoms with van der Waals surface area (Å²) in [6, 6.07) is 5.92. The van der Waals surface area contributed by atoms with Crippen molar-refractivity contribution in [1.82, 2.24) is 0 Å². The van der Waals surface area contributed by atoms with Gasteiger partial charge in [0, 0.05) is 24.2 Å². The van der Waals surface area contributed by atoms with Gasteiger partial charge in [-0.3, -0.25) is 4.79 Å². The SMILES string of the molecule is C[C@H]1CCC(=O)N1c1ccc2c(c1)OCO2. The Labute approximate surface area is 93.8 Å². The molecule has 0 aromatic heterocycles. The Morgan fingerprint density at radius 2 is 2.12 bits per heavy atom. The number of ether oxygens (including phenoxy) is 2. The molecule has 0 saturated carbocycles. The minimum absolute atomic E-state index is 0.186. The van der Waals surface area contributed by atoms with Crippen molar-refractivity contribution in [3.63, 3.8) is 0 Å². The van der Waals surface area contributed by atoms with Crippen molar-refractivity contribution >= 4 is 11.6 Å². The zero-order valence-electron chi connectivity index (χ0n) is 9.10. The van der Waals surface area contributed by atoms with E-state index in [1.54, 1.807) is 0 Å². The molecular weight excluding hydrogens is 206 g/mol. The van der Waals surface area contributed by atoms with Gasteiger partial charge in [-0.25, -0.2) is 0 Å². The van der Waals surface area contributed by atoms with Gasteiger partial charge in [-0.15, -0.1) is 0 Å². The minimum atomic E-state index is 0.186. The maximum atomic E-state index is 11.7. The molecule has 1 atom stereocenters. The zero-order chi connectivity index (χ0) is 11.1. The number of hydrogen-bond acceptors (Lipinski definition) is 3. The maximum absolute atomic E-state index is 11.7. The van der Waals surface area contributed by atoms with Gasteiger partial charge >= 0.3 is 0 Å². The molecule has 0 aliphatic carbocycles. The maximum Gasteiger partial charge on any atom is 0.231 e. The van der Waals surface area contributed by atoms with Gasteiger partial charge in [0.2, 0.25) is 12.7 Å². The van der Waals surface area contributed by atoms with Crippen LogP contribution >= 0.6 is 0 Å². The molecule has 1 aromatic carbocycles. The third-order valence-electron chi connectivity index (χ3n) is 3.12. The topological polar surface area (TPSA) is 38.8 Å². The van der Waals surface area contributed by atoms with Crippen LogP contribution in [0, 0.1) is 0 Å². The number of anilines is 1. The van der Waals surface area contributed by atoms with Gasteiger partial charge in [-0.05, 0) is 25.5 Å². The van der Waals surface area contributed by atoms with E-state index in [1.807, 2.05) is 23.1 Å². The van der Waals surface area contributed by atoms with E-state index in [0.717, 1.165) is 23.6 Å². The van der Waals surface area contributed by atoms with Gasteiger partial charge in [0.05, 0.1) is 0 Å². The van der Waals surface area contributed by atoms with Crippen LogP contribution in [0.1, 0.15) is 19.8 Å². The monoisotopic (exact) mass is 219 g/mol. The summed E-state index contributed by atoms with van der Waals surface area (Å²) < 4.78 is 10.6. The highest BCUT2D eigenvalue weighted by atomic mass is 16.7. The van der Waals surface area contributed by atoms with Crippen molar-refractivity contribution in [2.75, 3.05) is 11.7 Å². The molecule has 84 valence electrons. The van der Waals surface area contributed by atoms with Crippen molar-refractivity contribution < 1.29 is 14.3 Å². The van der Waals surface area contributed by atoms with Crippen molar-refractivity contribution in [2.24, 2.45) is 0 Å². The second kappa shape index (κ2) is 3.40. The van der Waals surface area contributed by atoms with E-state index in [2.05, 4.69) is 6.92 Å². The van der Waals surface area contributed by atoms with E-state index in [1.165, 1.54) is 0 Å². The molecule has 0 bridgehead atoms. The van der Waals surface area contributed by atoms with Crippen LogP contribution in [0.25, 0.3) is 0 Å². The van der Waals surface area contributed by atoms with Crippen LogP contribution in [0.15, 0.2) is 18.2 Å². The number of carbonyl (C=O) groups excluding carboxylic acids is 1. The van der Waals surface area contributed by atoms with Crippen molar-refractivity contribution in [3.05, 3.63) is 18.2 Å². The van der Waals surface area contributed by atoms with Crippen LogP contribution in [0.2, 0.25) is 0 Å². The van der Waals surface area contributed by atoms with E-state index in [9.17, 15) is 4.79 Å². The third-order valence-corrected chi connectivity index (χ3v) is 3.12. The van der Waals surface area contributed by atoms with E-state index in [4.69, 9.17) is 9.47 Å². The minimum Gasteiger partial charge on any atom is -0.454 e. The van der Waals surface area contributed by atoms with E-state index in [0.29, 0.717) is 6.42 Å². The Balaban J connectivity index is 1.97. The summed E-state index contributed by atoms with van der Waals surface area (Å²) in [6.45, 7) is 2.33. The smallest absolute Gasteiger partial charge is 0.231 e. The standard InChI is InChI=1S/C12H13NO3/c1-8-2-5-12(14)13(8)9-3-4-10-11(6-9)16-7-15-10/h3-4,6,8H,2,5,7H2,1H3/t8-/m0/s1. The van der Waals surface area contributed by atoms with E-state index >= 15 is 0 Å². The summed E-state index contributed by atoms with van der Waals surface area (Å²) in [5.41, 5.74) is 0.902. The Kier molecular flexibility index (Phi) is 2.02.